The number of hydrogen-bond acceptors (Lipinski definition) is 5. The number of aryl methyl sites for hydroxylation is 2. The van der Waals surface area contributed by atoms with E-state index in [0.717, 1.165) is 15.6 Å². The third-order valence-corrected chi connectivity index (χ3v) is 4.07. The van der Waals surface area contributed by atoms with Crippen molar-refractivity contribution in [2.45, 2.75) is 26.8 Å². The molecule has 0 fully saturated rings. The summed E-state index contributed by atoms with van der Waals surface area (Å²) in [4.78, 5) is 22.0. The Balaban J connectivity index is 1.81. The van der Waals surface area contributed by atoms with Gasteiger partial charge in [0.2, 0.25) is 0 Å². The maximum atomic E-state index is 12.3. The molecule has 0 aliphatic rings. The number of nitrogens with one attached hydrogen (secondary N) is 1. The molecule has 6 nitrogen and oxygen atoms in total. The van der Waals surface area contributed by atoms with Crippen LogP contribution in [-0.2, 0) is 0 Å². The third-order valence-electron chi connectivity index (χ3n) is 3.17. The lowest BCUT2D eigenvalue weighted by Crippen LogP contribution is -2.27. The van der Waals surface area contributed by atoms with Crippen molar-refractivity contribution in [3.63, 3.8) is 0 Å². The lowest BCUT2D eigenvalue weighted by Gasteiger charge is -2.11. The van der Waals surface area contributed by atoms with Crippen molar-refractivity contribution in [3.05, 3.63) is 45.8 Å². The van der Waals surface area contributed by atoms with E-state index in [1.54, 1.807) is 40.4 Å². The zero-order valence-corrected chi connectivity index (χ0v) is 12.8. The molecule has 0 spiro atoms. The van der Waals surface area contributed by atoms with Crippen LogP contribution in [0, 0.1) is 13.8 Å². The first-order valence-corrected chi connectivity index (χ1v) is 7.41. The zero-order valence-electron chi connectivity index (χ0n) is 12.0. The molecule has 0 aromatic carbocycles. The molecule has 108 valence electrons. The molecule has 0 bridgehead atoms. The van der Waals surface area contributed by atoms with Gasteiger partial charge in [-0.15, -0.1) is 11.3 Å². The second kappa shape index (κ2) is 5.25. The Labute approximate surface area is 125 Å². The number of carbonyl (C=O) groups is 1. The van der Waals surface area contributed by atoms with Gasteiger partial charge in [0, 0.05) is 23.3 Å². The van der Waals surface area contributed by atoms with Gasteiger partial charge in [-0.2, -0.15) is 5.10 Å². The van der Waals surface area contributed by atoms with E-state index in [4.69, 9.17) is 0 Å². The Kier molecular flexibility index (Phi) is 3.42. The molecule has 3 aromatic heterocycles. The predicted molar refractivity (Wildman–Crippen MR) is 80.5 cm³/mol. The highest BCUT2D eigenvalue weighted by Gasteiger charge is 2.18. The summed E-state index contributed by atoms with van der Waals surface area (Å²) in [7, 11) is 0. The van der Waals surface area contributed by atoms with Crippen LogP contribution in [0.1, 0.15) is 39.0 Å². The lowest BCUT2D eigenvalue weighted by atomic mass is 10.2. The molecule has 0 saturated heterocycles. The minimum atomic E-state index is -0.224. The Bertz CT molecular complexity index is 774. The summed E-state index contributed by atoms with van der Waals surface area (Å²) in [6, 6.07) is 3.28. The average Bonchev–Trinajstić information content (AvgIpc) is 3.01. The van der Waals surface area contributed by atoms with Crippen LogP contribution in [-0.4, -0.2) is 25.5 Å². The number of fused-ring (bicyclic) bond motifs is 1. The molecular formula is C14H15N5OS. The van der Waals surface area contributed by atoms with E-state index in [1.807, 2.05) is 20.8 Å². The second-order valence-corrected chi connectivity index (χ2v) is 6.23. The van der Waals surface area contributed by atoms with Crippen molar-refractivity contribution in [3.8, 4) is 0 Å². The first kappa shape index (κ1) is 13.7. The number of carbonyl (C=O) groups excluding carboxylic acids is 1. The largest absolute Gasteiger partial charge is 0.343 e. The summed E-state index contributed by atoms with van der Waals surface area (Å²) < 4.78 is 1.58. The number of rotatable bonds is 3. The van der Waals surface area contributed by atoms with Gasteiger partial charge in [-0.05, 0) is 26.8 Å². The molecule has 21 heavy (non-hydrogen) atoms. The van der Waals surface area contributed by atoms with Crippen LogP contribution in [0.5, 0.6) is 0 Å². The maximum Gasteiger partial charge on any atom is 0.272 e. The van der Waals surface area contributed by atoms with E-state index in [1.165, 1.54) is 0 Å². The Hall–Kier alpha value is -2.28. The monoisotopic (exact) mass is 301 g/mol. The van der Waals surface area contributed by atoms with Gasteiger partial charge in [0.25, 0.3) is 5.91 Å². The third kappa shape index (κ3) is 2.64. The van der Waals surface area contributed by atoms with Crippen LogP contribution in [0.25, 0.3) is 5.65 Å². The lowest BCUT2D eigenvalue weighted by molar-refractivity contribution is 0.0933. The predicted octanol–water partition coefficient (Wildman–Crippen LogP) is 2.29. The zero-order chi connectivity index (χ0) is 15.0. The fraction of sp³-hybridized carbons (Fsp3) is 0.286. The van der Waals surface area contributed by atoms with E-state index in [2.05, 4.69) is 20.4 Å². The highest BCUT2D eigenvalue weighted by molar-refractivity contribution is 7.11. The SMILES string of the molecule is Cc1nc(C(C)NC(=O)c2cc3ncccn3n2)c(C)s1. The van der Waals surface area contributed by atoms with Crippen molar-refractivity contribution in [2.24, 2.45) is 0 Å². The maximum absolute atomic E-state index is 12.3. The van der Waals surface area contributed by atoms with Crippen LogP contribution >= 0.6 is 11.3 Å². The van der Waals surface area contributed by atoms with Gasteiger partial charge in [0.15, 0.2) is 11.3 Å². The summed E-state index contributed by atoms with van der Waals surface area (Å²) in [6.45, 7) is 5.90. The van der Waals surface area contributed by atoms with Gasteiger partial charge in [0.1, 0.15) is 0 Å². The molecule has 0 radical (unpaired) electrons. The Morgan fingerprint density at radius 1 is 1.43 bits per heavy atom. The summed E-state index contributed by atoms with van der Waals surface area (Å²) >= 11 is 1.63. The number of hydrogen-bond donors (Lipinski definition) is 1. The summed E-state index contributed by atoms with van der Waals surface area (Å²) in [5.74, 6) is -0.224. The molecule has 0 saturated carbocycles. The normalized spacial score (nSPS) is 12.5. The first-order chi connectivity index (χ1) is 10.0. The van der Waals surface area contributed by atoms with Crippen molar-refractivity contribution in [1.29, 1.82) is 0 Å². The van der Waals surface area contributed by atoms with E-state index in [9.17, 15) is 4.79 Å². The Morgan fingerprint density at radius 2 is 2.24 bits per heavy atom. The van der Waals surface area contributed by atoms with Crippen LogP contribution in [0.15, 0.2) is 24.5 Å². The smallest absolute Gasteiger partial charge is 0.272 e. The molecule has 0 aliphatic carbocycles. The second-order valence-electron chi connectivity index (χ2n) is 4.82. The highest BCUT2D eigenvalue weighted by Crippen LogP contribution is 2.22. The van der Waals surface area contributed by atoms with Crippen molar-refractivity contribution >= 4 is 22.9 Å². The standard InChI is InChI=1S/C14H15N5OS/c1-8(13-9(2)21-10(3)17-13)16-14(20)11-7-12-15-5-4-6-19(12)18-11/h4-8H,1-3H3,(H,16,20). The fourth-order valence-corrected chi connectivity index (χ4v) is 3.14. The van der Waals surface area contributed by atoms with Crippen molar-refractivity contribution < 1.29 is 4.79 Å². The minimum Gasteiger partial charge on any atom is -0.343 e. The number of amides is 1. The van der Waals surface area contributed by atoms with Gasteiger partial charge in [-0.1, -0.05) is 0 Å². The summed E-state index contributed by atoms with van der Waals surface area (Å²) in [5.41, 5.74) is 1.91. The molecule has 1 atom stereocenters. The summed E-state index contributed by atoms with van der Waals surface area (Å²) in [6.07, 6.45) is 3.43. The molecule has 3 heterocycles. The molecule has 3 aromatic rings. The van der Waals surface area contributed by atoms with E-state index in [0.29, 0.717) is 11.3 Å². The van der Waals surface area contributed by atoms with Gasteiger partial charge in [-0.3, -0.25) is 4.79 Å². The first-order valence-electron chi connectivity index (χ1n) is 6.60. The van der Waals surface area contributed by atoms with Gasteiger partial charge in [-0.25, -0.2) is 14.5 Å². The van der Waals surface area contributed by atoms with E-state index >= 15 is 0 Å². The van der Waals surface area contributed by atoms with Gasteiger partial charge < -0.3 is 5.32 Å². The quantitative estimate of drug-likeness (QED) is 0.805. The van der Waals surface area contributed by atoms with Crippen molar-refractivity contribution in [2.75, 3.05) is 0 Å². The van der Waals surface area contributed by atoms with Gasteiger partial charge >= 0.3 is 0 Å². The molecule has 1 N–H and O–H groups in total. The molecular weight excluding hydrogens is 286 g/mol. The van der Waals surface area contributed by atoms with Crippen LogP contribution < -0.4 is 5.32 Å². The average molecular weight is 301 g/mol. The molecule has 0 aliphatic heterocycles. The minimum absolute atomic E-state index is 0.153. The Morgan fingerprint density at radius 3 is 2.90 bits per heavy atom. The number of thiazole rings is 1. The molecule has 1 amide bonds. The van der Waals surface area contributed by atoms with Crippen LogP contribution in [0.2, 0.25) is 0 Å². The fourth-order valence-electron chi connectivity index (χ4n) is 2.23. The molecule has 3 rings (SSSR count). The topological polar surface area (TPSA) is 72.2 Å². The van der Waals surface area contributed by atoms with E-state index < -0.39 is 0 Å². The van der Waals surface area contributed by atoms with Crippen LogP contribution in [0.3, 0.4) is 0 Å². The number of aromatic nitrogens is 4. The van der Waals surface area contributed by atoms with E-state index in [-0.39, 0.29) is 11.9 Å². The number of nitrogens with zero attached hydrogens (tertiary/aromatic N) is 4. The highest BCUT2D eigenvalue weighted by atomic mass is 32.1. The summed E-state index contributed by atoms with van der Waals surface area (Å²) in [5, 5.41) is 8.14. The van der Waals surface area contributed by atoms with Crippen LogP contribution in [0.4, 0.5) is 0 Å². The van der Waals surface area contributed by atoms with Gasteiger partial charge in [0.05, 0.1) is 16.7 Å². The molecule has 7 heteroatoms. The van der Waals surface area contributed by atoms with Crippen molar-refractivity contribution in [1.82, 2.24) is 24.9 Å². The molecule has 1 unspecified atom stereocenters.